The lowest BCUT2D eigenvalue weighted by atomic mass is 9.96. The molecule has 4 heterocycles. The van der Waals surface area contributed by atoms with E-state index in [4.69, 9.17) is 33.2 Å². The van der Waals surface area contributed by atoms with Crippen LogP contribution in [-0.4, -0.2) is 203 Å². The van der Waals surface area contributed by atoms with Gasteiger partial charge in [-0.2, -0.15) is 0 Å². The third-order valence-corrected chi connectivity index (χ3v) is 8.40. The molecule has 43 heavy (non-hydrogen) atoms. The van der Waals surface area contributed by atoms with Crippen LogP contribution in [0.15, 0.2) is 0 Å². The van der Waals surface area contributed by atoms with Crippen LogP contribution in [0.5, 0.6) is 0 Å². The highest BCUT2D eigenvalue weighted by Gasteiger charge is 2.53. The molecule has 17 nitrogen and oxygen atoms in total. The second-order valence-corrected chi connectivity index (χ2v) is 12.2. The van der Waals surface area contributed by atoms with Gasteiger partial charge in [-0.25, -0.2) is 0 Å². The monoisotopic (exact) mass is 630 g/mol. The van der Waals surface area contributed by atoms with E-state index in [-0.39, 0.29) is 13.2 Å². The zero-order valence-electron chi connectivity index (χ0n) is 24.4. The molecule has 0 radical (unpaired) electrons. The van der Waals surface area contributed by atoms with Gasteiger partial charge >= 0.3 is 0 Å². The van der Waals surface area contributed by atoms with E-state index in [0.29, 0.717) is 30.5 Å². The molecule has 0 aromatic heterocycles. The molecule has 2 bridgehead atoms. The first kappa shape index (κ1) is 35.2. The topological polar surface area (TPSA) is 247 Å². The Balaban J connectivity index is 1.56. The summed E-state index contributed by atoms with van der Waals surface area (Å²) >= 11 is 0. The molecule has 4 rings (SSSR count). The van der Waals surface area contributed by atoms with E-state index in [1.165, 1.54) is 0 Å². The van der Waals surface area contributed by atoms with Crippen LogP contribution in [0.4, 0.5) is 0 Å². The molecule has 0 spiro atoms. The van der Waals surface area contributed by atoms with E-state index in [2.05, 4.69) is 14.1 Å². The number of ether oxygens (including phenoxy) is 7. The first-order chi connectivity index (χ1) is 20.3. The molecule has 252 valence electrons. The Bertz CT molecular complexity index is 854. The summed E-state index contributed by atoms with van der Waals surface area (Å²) in [4.78, 5) is 0. The maximum absolute atomic E-state index is 11.2. The summed E-state index contributed by atoms with van der Waals surface area (Å²) in [7, 11) is 4.13. The molecule has 4 fully saturated rings. The smallest absolute Gasteiger partial charge is 0.187 e. The quantitative estimate of drug-likeness (QED) is 0.132. The van der Waals surface area contributed by atoms with E-state index < -0.39 is 98.7 Å². The molecule has 0 aliphatic carbocycles. The Labute approximate surface area is 249 Å². The third-order valence-electron chi connectivity index (χ3n) is 8.40. The number of quaternary nitrogens is 1. The maximum atomic E-state index is 11.2. The maximum Gasteiger partial charge on any atom is 0.187 e. The van der Waals surface area contributed by atoms with Crippen molar-refractivity contribution in [1.29, 1.82) is 0 Å². The lowest BCUT2D eigenvalue weighted by molar-refractivity contribution is -0.890. The van der Waals surface area contributed by atoms with Crippen LogP contribution in [-0.2, 0) is 33.2 Å². The molecule has 17 heteroatoms. The SMILES string of the molecule is C[N+]1(C)CCCOCC2OC(O)C(O)C(O)C2OC2OC(COCCC1)C(OC1OC(CO)C(O)C(O)C1O)C(O)C2O. The predicted octanol–water partition coefficient (Wildman–Crippen LogP) is -5.65. The van der Waals surface area contributed by atoms with Gasteiger partial charge in [0.1, 0.15) is 73.2 Å². The number of hydrogen-bond acceptors (Lipinski definition) is 16. The summed E-state index contributed by atoms with van der Waals surface area (Å²) in [5.41, 5.74) is 0. The highest BCUT2D eigenvalue weighted by atomic mass is 16.8. The molecule has 0 aromatic rings. The normalized spacial score (nSPS) is 49.0. The molecule has 15 atom stereocenters. The summed E-state index contributed by atoms with van der Waals surface area (Å²) in [6, 6.07) is 0. The minimum Gasteiger partial charge on any atom is -0.394 e. The van der Waals surface area contributed by atoms with Crippen LogP contribution in [0.3, 0.4) is 0 Å². The first-order valence-electron chi connectivity index (χ1n) is 14.6. The molecule has 0 aromatic carbocycles. The molecular weight excluding hydrogens is 582 g/mol. The highest BCUT2D eigenvalue weighted by molar-refractivity contribution is 4.96. The lowest BCUT2D eigenvalue weighted by Gasteiger charge is -2.48. The Hall–Kier alpha value is -0.680. The van der Waals surface area contributed by atoms with Gasteiger partial charge < -0.3 is 83.6 Å². The zero-order valence-corrected chi connectivity index (χ0v) is 24.4. The predicted molar refractivity (Wildman–Crippen MR) is 140 cm³/mol. The Morgan fingerprint density at radius 1 is 0.651 bits per heavy atom. The second-order valence-electron chi connectivity index (χ2n) is 12.2. The average Bonchev–Trinajstić information content (AvgIpc) is 2.97. The number of aliphatic hydroxyl groups is 9. The van der Waals surface area contributed by atoms with Gasteiger partial charge in [-0.3, -0.25) is 0 Å². The van der Waals surface area contributed by atoms with E-state index in [9.17, 15) is 46.0 Å². The Morgan fingerprint density at radius 3 is 1.91 bits per heavy atom. The Kier molecular flexibility index (Phi) is 12.5. The largest absolute Gasteiger partial charge is 0.394 e. The highest BCUT2D eigenvalue weighted by Crippen LogP contribution is 2.32. The van der Waals surface area contributed by atoms with Crippen molar-refractivity contribution in [3.8, 4) is 0 Å². The van der Waals surface area contributed by atoms with E-state index >= 15 is 0 Å². The van der Waals surface area contributed by atoms with Gasteiger partial charge in [0.15, 0.2) is 18.9 Å². The summed E-state index contributed by atoms with van der Waals surface area (Å²) < 4.78 is 40.7. The fraction of sp³-hybridized carbons (Fsp3) is 1.00. The third kappa shape index (κ3) is 8.38. The molecule has 9 N–H and O–H groups in total. The second kappa shape index (κ2) is 15.3. The van der Waals surface area contributed by atoms with Crippen molar-refractivity contribution in [3.63, 3.8) is 0 Å². The fourth-order valence-corrected chi connectivity index (χ4v) is 5.73. The van der Waals surface area contributed by atoms with Crippen molar-refractivity contribution in [2.75, 3.05) is 60.2 Å². The summed E-state index contributed by atoms with van der Waals surface area (Å²) in [6.07, 6.45) is -22.1. The van der Waals surface area contributed by atoms with Crippen molar-refractivity contribution < 1.29 is 83.6 Å². The van der Waals surface area contributed by atoms with Crippen molar-refractivity contribution in [3.05, 3.63) is 0 Å². The number of rotatable bonds is 3. The van der Waals surface area contributed by atoms with Gasteiger partial charge in [0.2, 0.25) is 0 Å². The molecule has 4 saturated heterocycles. The van der Waals surface area contributed by atoms with Gasteiger partial charge in [-0.15, -0.1) is 0 Å². The van der Waals surface area contributed by atoms with E-state index in [1.807, 2.05) is 0 Å². The van der Waals surface area contributed by atoms with Crippen LogP contribution in [0.1, 0.15) is 12.8 Å². The van der Waals surface area contributed by atoms with E-state index in [1.54, 1.807) is 0 Å². The van der Waals surface area contributed by atoms with E-state index in [0.717, 1.165) is 13.1 Å². The van der Waals surface area contributed by atoms with Gasteiger partial charge in [-0.05, 0) is 0 Å². The number of fused-ring (bicyclic) bond motifs is 3. The average molecular weight is 631 g/mol. The van der Waals surface area contributed by atoms with Gasteiger partial charge in [0.05, 0.1) is 60.2 Å². The minimum atomic E-state index is -1.82. The standard InChI is InChI=1S/C26H48NO16/c1-27(2)5-3-7-37-10-13-22(17(31)19(33)24(36)39-13)42-26-21(35)18(32)23(14(41-26)11-38-8-4-6-27)43-25-20(34)16(30)15(29)12(9-28)40-25/h12-26,28-36H,3-11H2,1-2H3/q+1. The summed E-state index contributed by atoms with van der Waals surface area (Å²) in [5.74, 6) is 0. The van der Waals surface area contributed by atoms with Crippen LogP contribution in [0, 0.1) is 0 Å². The molecule has 0 saturated carbocycles. The summed E-state index contributed by atoms with van der Waals surface area (Å²) in [6.45, 7) is 1.20. The summed E-state index contributed by atoms with van der Waals surface area (Å²) in [5, 5.41) is 93.6. The van der Waals surface area contributed by atoms with Crippen LogP contribution < -0.4 is 0 Å². The van der Waals surface area contributed by atoms with Gasteiger partial charge in [-0.1, -0.05) is 0 Å². The van der Waals surface area contributed by atoms with Crippen LogP contribution in [0.25, 0.3) is 0 Å². The van der Waals surface area contributed by atoms with Crippen molar-refractivity contribution in [2.24, 2.45) is 0 Å². The molecule has 0 amide bonds. The molecular formula is C26H48NO16+. The number of hydrogen-bond donors (Lipinski definition) is 9. The van der Waals surface area contributed by atoms with Crippen molar-refractivity contribution >= 4 is 0 Å². The number of nitrogens with zero attached hydrogens (tertiary/aromatic N) is 1. The van der Waals surface area contributed by atoms with Crippen molar-refractivity contribution in [1.82, 2.24) is 0 Å². The first-order valence-corrected chi connectivity index (χ1v) is 14.6. The fourth-order valence-electron chi connectivity index (χ4n) is 5.73. The lowest BCUT2D eigenvalue weighted by Crippen LogP contribution is -2.66. The van der Waals surface area contributed by atoms with Gasteiger partial charge in [0.25, 0.3) is 0 Å². The van der Waals surface area contributed by atoms with Crippen LogP contribution in [0.2, 0.25) is 0 Å². The molecule has 15 unspecified atom stereocenters. The molecule has 4 aliphatic rings. The van der Waals surface area contributed by atoms with Crippen LogP contribution >= 0.6 is 0 Å². The number of aliphatic hydroxyl groups excluding tert-OH is 9. The van der Waals surface area contributed by atoms with Gasteiger partial charge in [0, 0.05) is 12.8 Å². The zero-order chi connectivity index (χ0) is 31.5. The molecule has 4 aliphatic heterocycles. The minimum absolute atomic E-state index is 0.125. The van der Waals surface area contributed by atoms with Crippen molar-refractivity contribution in [2.45, 2.75) is 105 Å². The Morgan fingerprint density at radius 2 is 1.28 bits per heavy atom.